The molecule has 0 unspecified atom stereocenters. The van der Waals surface area contributed by atoms with Crippen LogP contribution in [0.2, 0.25) is 0 Å². The number of aryl methyl sites for hydroxylation is 1. The van der Waals surface area contributed by atoms with Crippen molar-refractivity contribution in [2.45, 2.75) is 90.8 Å². The summed E-state index contributed by atoms with van der Waals surface area (Å²) < 4.78 is 12.2. The molecule has 0 aliphatic heterocycles. The highest BCUT2D eigenvalue weighted by Crippen LogP contribution is 2.28. The third kappa shape index (κ3) is 9.27. The van der Waals surface area contributed by atoms with Crippen molar-refractivity contribution in [3.63, 3.8) is 0 Å². The van der Waals surface area contributed by atoms with Gasteiger partial charge in [0.1, 0.15) is 5.75 Å². The predicted molar refractivity (Wildman–Crippen MR) is 105 cm³/mol. The average molecular weight is 351 g/mol. The molecule has 0 aliphatic rings. The average Bonchev–Trinajstić information content (AvgIpc) is 2.61. The van der Waals surface area contributed by atoms with E-state index in [1.54, 1.807) is 12.1 Å². The number of unbranched alkanes of at least 4 members (excludes halogenated alkanes) is 6. The first-order valence-electron chi connectivity index (χ1n) is 10.2. The Hall–Kier alpha value is -1.06. The van der Waals surface area contributed by atoms with E-state index in [2.05, 4.69) is 6.92 Å². The molecule has 0 aliphatic carbocycles. The SMILES string of the molecule is CCCCCCCCCC(CCc1ccc(O)cc1)(OCC)OCC. The quantitative estimate of drug-likeness (QED) is 0.301. The van der Waals surface area contributed by atoms with Gasteiger partial charge in [-0.05, 0) is 44.4 Å². The molecule has 0 radical (unpaired) electrons. The van der Waals surface area contributed by atoms with Crippen molar-refractivity contribution in [2.75, 3.05) is 13.2 Å². The largest absolute Gasteiger partial charge is 0.508 e. The van der Waals surface area contributed by atoms with Crippen molar-refractivity contribution >= 4 is 0 Å². The van der Waals surface area contributed by atoms with Crippen molar-refractivity contribution in [1.82, 2.24) is 0 Å². The molecule has 1 aromatic carbocycles. The first kappa shape index (κ1) is 22.0. The van der Waals surface area contributed by atoms with E-state index in [4.69, 9.17) is 9.47 Å². The van der Waals surface area contributed by atoms with E-state index in [0.29, 0.717) is 19.0 Å². The van der Waals surface area contributed by atoms with E-state index in [-0.39, 0.29) is 0 Å². The minimum Gasteiger partial charge on any atom is -0.508 e. The molecule has 3 nitrogen and oxygen atoms in total. The van der Waals surface area contributed by atoms with Crippen LogP contribution in [0.3, 0.4) is 0 Å². The monoisotopic (exact) mass is 350 g/mol. The summed E-state index contributed by atoms with van der Waals surface area (Å²) in [6.45, 7) is 7.68. The topological polar surface area (TPSA) is 38.7 Å². The van der Waals surface area contributed by atoms with E-state index >= 15 is 0 Å². The molecule has 1 aromatic rings. The normalized spacial score (nSPS) is 11.8. The summed E-state index contributed by atoms with van der Waals surface area (Å²) in [4.78, 5) is 0. The fourth-order valence-electron chi connectivity index (χ4n) is 3.33. The summed E-state index contributed by atoms with van der Waals surface area (Å²) in [6.07, 6.45) is 11.8. The Morgan fingerprint density at radius 3 is 1.88 bits per heavy atom. The van der Waals surface area contributed by atoms with Gasteiger partial charge in [0, 0.05) is 26.1 Å². The zero-order valence-corrected chi connectivity index (χ0v) is 16.6. The highest BCUT2D eigenvalue weighted by molar-refractivity contribution is 5.26. The molecule has 1 N–H and O–H groups in total. The maximum atomic E-state index is 9.42. The van der Waals surface area contributed by atoms with Crippen molar-refractivity contribution in [1.29, 1.82) is 0 Å². The summed E-state index contributed by atoms with van der Waals surface area (Å²) in [7, 11) is 0. The Morgan fingerprint density at radius 2 is 1.32 bits per heavy atom. The second-order valence-corrected chi connectivity index (χ2v) is 6.81. The van der Waals surface area contributed by atoms with E-state index in [0.717, 1.165) is 25.7 Å². The van der Waals surface area contributed by atoms with E-state index in [1.807, 2.05) is 26.0 Å². The highest BCUT2D eigenvalue weighted by Gasteiger charge is 2.30. The smallest absolute Gasteiger partial charge is 0.168 e. The van der Waals surface area contributed by atoms with Crippen LogP contribution in [0.5, 0.6) is 5.75 Å². The third-order valence-electron chi connectivity index (χ3n) is 4.71. The molecule has 0 bridgehead atoms. The summed E-state index contributed by atoms with van der Waals surface area (Å²) in [5, 5.41) is 9.42. The standard InChI is InChI=1S/C22H38O3/c1-4-7-8-9-10-11-12-18-22(24-5-2,25-6-3)19-17-20-13-15-21(23)16-14-20/h13-16,23H,4-12,17-19H2,1-3H3. The van der Waals surface area contributed by atoms with Gasteiger partial charge in [-0.15, -0.1) is 0 Å². The number of hydrogen-bond acceptors (Lipinski definition) is 3. The summed E-state index contributed by atoms with van der Waals surface area (Å²) in [5.41, 5.74) is 1.21. The minimum atomic E-state index is -0.467. The molecule has 0 heterocycles. The summed E-state index contributed by atoms with van der Waals surface area (Å²) in [5.74, 6) is -0.155. The van der Waals surface area contributed by atoms with Crippen molar-refractivity contribution in [3.05, 3.63) is 29.8 Å². The molecule has 0 amide bonds. The molecule has 144 valence electrons. The van der Waals surface area contributed by atoms with Crippen LogP contribution >= 0.6 is 0 Å². The molecule has 25 heavy (non-hydrogen) atoms. The summed E-state index contributed by atoms with van der Waals surface area (Å²) >= 11 is 0. The molecule has 0 fully saturated rings. The van der Waals surface area contributed by atoms with Crippen molar-refractivity contribution < 1.29 is 14.6 Å². The highest BCUT2D eigenvalue weighted by atomic mass is 16.7. The number of rotatable bonds is 15. The van der Waals surface area contributed by atoms with Gasteiger partial charge in [-0.1, -0.05) is 57.6 Å². The second-order valence-electron chi connectivity index (χ2n) is 6.81. The lowest BCUT2D eigenvalue weighted by molar-refractivity contribution is -0.241. The number of aromatic hydroxyl groups is 1. The van der Waals surface area contributed by atoms with Gasteiger partial charge in [-0.25, -0.2) is 0 Å². The van der Waals surface area contributed by atoms with Crippen LogP contribution in [0.25, 0.3) is 0 Å². The fourth-order valence-corrected chi connectivity index (χ4v) is 3.33. The lowest BCUT2D eigenvalue weighted by Gasteiger charge is -2.33. The molecular weight excluding hydrogens is 312 g/mol. The maximum Gasteiger partial charge on any atom is 0.168 e. The Morgan fingerprint density at radius 1 is 0.760 bits per heavy atom. The van der Waals surface area contributed by atoms with Crippen molar-refractivity contribution in [2.24, 2.45) is 0 Å². The molecule has 0 atom stereocenters. The van der Waals surface area contributed by atoms with Gasteiger partial charge in [-0.2, -0.15) is 0 Å². The minimum absolute atomic E-state index is 0.313. The number of phenolic OH excluding ortho intramolecular Hbond substituents is 1. The van der Waals surface area contributed by atoms with Gasteiger partial charge >= 0.3 is 0 Å². The Bertz CT molecular complexity index is 421. The number of benzene rings is 1. The van der Waals surface area contributed by atoms with Gasteiger partial charge in [0.2, 0.25) is 0 Å². The van der Waals surface area contributed by atoms with E-state index < -0.39 is 5.79 Å². The zero-order valence-electron chi connectivity index (χ0n) is 16.6. The van der Waals surface area contributed by atoms with Crippen LogP contribution in [0.1, 0.15) is 84.1 Å². The zero-order chi connectivity index (χ0) is 18.4. The molecule has 0 saturated carbocycles. The van der Waals surface area contributed by atoms with E-state index in [9.17, 15) is 5.11 Å². The van der Waals surface area contributed by atoms with Gasteiger partial charge in [0.15, 0.2) is 5.79 Å². The van der Waals surface area contributed by atoms with Gasteiger partial charge in [0.05, 0.1) is 0 Å². The molecule has 3 heteroatoms. The van der Waals surface area contributed by atoms with Crippen LogP contribution < -0.4 is 0 Å². The maximum absolute atomic E-state index is 9.42. The summed E-state index contributed by atoms with van der Waals surface area (Å²) in [6, 6.07) is 7.45. The van der Waals surface area contributed by atoms with Crippen LogP contribution in [0.4, 0.5) is 0 Å². The fraction of sp³-hybridized carbons (Fsp3) is 0.727. The van der Waals surface area contributed by atoms with Crippen LogP contribution in [-0.2, 0) is 15.9 Å². The molecule has 0 spiro atoms. The molecular formula is C22H38O3. The van der Waals surface area contributed by atoms with Crippen LogP contribution in [0.15, 0.2) is 24.3 Å². The Kier molecular flexibility index (Phi) is 11.6. The Labute approximate surface area is 154 Å². The second kappa shape index (κ2) is 13.2. The van der Waals surface area contributed by atoms with Gasteiger partial charge in [0.25, 0.3) is 0 Å². The lowest BCUT2D eigenvalue weighted by atomic mass is 9.98. The number of phenols is 1. The first-order valence-corrected chi connectivity index (χ1v) is 10.2. The number of hydrogen-bond donors (Lipinski definition) is 1. The van der Waals surface area contributed by atoms with E-state index in [1.165, 1.54) is 44.1 Å². The number of ether oxygens (including phenoxy) is 2. The van der Waals surface area contributed by atoms with Gasteiger partial charge < -0.3 is 14.6 Å². The third-order valence-corrected chi connectivity index (χ3v) is 4.71. The van der Waals surface area contributed by atoms with Crippen molar-refractivity contribution in [3.8, 4) is 5.75 Å². The van der Waals surface area contributed by atoms with Gasteiger partial charge in [-0.3, -0.25) is 0 Å². The Balaban J connectivity index is 2.49. The van der Waals surface area contributed by atoms with Crippen LogP contribution in [0, 0.1) is 0 Å². The lowest BCUT2D eigenvalue weighted by Crippen LogP contribution is -2.37. The van der Waals surface area contributed by atoms with Crippen LogP contribution in [-0.4, -0.2) is 24.1 Å². The molecule has 1 rings (SSSR count). The predicted octanol–water partition coefficient (Wildman–Crippen LogP) is 6.23. The molecule has 0 saturated heterocycles. The first-order chi connectivity index (χ1) is 12.2. The molecule has 0 aromatic heterocycles.